The average molecular weight is 283 g/mol. The maximum Gasteiger partial charge on any atom is 0.183 e. The molecule has 0 fully saturated rings. The Morgan fingerprint density at radius 1 is 1.21 bits per heavy atom. The van der Waals surface area contributed by atoms with Crippen LogP contribution in [-0.2, 0) is 9.84 Å². The van der Waals surface area contributed by atoms with Crippen molar-refractivity contribution in [2.24, 2.45) is 0 Å². The largest absolute Gasteiger partial charge is 0.623 e. The van der Waals surface area contributed by atoms with E-state index in [1.165, 1.54) is 12.3 Å². The van der Waals surface area contributed by atoms with Crippen molar-refractivity contribution in [3.8, 4) is 0 Å². The molecule has 0 N–H and O–H groups in total. The summed E-state index contributed by atoms with van der Waals surface area (Å²) in [4.78, 5) is 0.204. The highest BCUT2D eigenvalue weighted by Crippen LogP contribution is 2.19. The number of benzene rings is 1. The standard InChI is InChI=1S/C14H21NO3S/c1-11(2)19(17,18)13-9-7-6-8-12(13)10-15(16)14(3,4)5/h6-11H,1-5H3. The van der Waals surface area contributed by atoms with Gasteiger partial charge in [-0.15, -0.1) is 0 Å². The van der Waals surface area contributed by atoms with Gasteiger partial charge in [-0.25, -0.2) is 13.2 Å². The predicted molar refractivity (Wildman–Crippen MR) is 77.3 cm³/mol. The summed E-state index contributed by atoms with van der Waals surface area (Å²) >= 11 is 0. The van der Waals surface area contributed by atoms with E-state index in [1.807, 2.05) is 0 Å². The summed E-state index contributed by atoms with van der Waals surface area (Å²) in [5.74, 6) is 0. The third-order valence-electron chi connectivity index (χ3n) is 2.76. The summed E-state index contributed by atoms with van der Waals surface area (Å²) in [6.45, 7) is 8.58. The van der Waals surface area contributed by atoms with Gasteiger partial charge in [0, 0.05) is 20.8 Å². The van der Waals surface area contributed by atoms with Crippen molar-refractivity contribution in [3.05, 3.63) is 35.0 Å². The smallest absolute Gasteiger partial charge is 0.183 e. The Morgan fingerprint density at radius 3 is 2.21 bits per heavy atom. The van der Waals surface area contributed by atoms with Crippen LogP contribution in [0.3, 0.4) is 0 Å². The van der Waals surface area contributed by atoms with Crippen LogP contribution in [0.2, 0.25) is 0 Å². The summed E-state index contributed by atoms with van der Waals surface area (Å²) in [6, 6.07) is 6.57. The zero-order valence-corrected chi connectivity index (χ0v) is 12.9. The summed E-state index contributed by atoms with van der Waals surface area (Å²) in [5.41, 5.74) is -0.171. The maximum atomic E-state index is 12.2. The van der Waals surface area contributed by atoms with E-state index in [2.05, 4.69) is 0 Å². The molecule has 0 bridgehead atoms. The number of rotatable bonds is 3. The molecule has 106 valence electrons. The molecule has 0 atom stereocenters. The van der Waals surface area contributed by atoms with Crippen molar-refractivity contribution in [2.75, 3.05) is 0 Å². The lowest BCUT2D eigenvalue weighted by atomic mass is 10.1. The van der Waals surface area contributed by atoms with Crippen molar-refractivity contribution >= 4 is 16.1 Å². The minimum atomic E-state index is -3.40. The maximum absolute atomic E-state index is 12.2. The van der Waals surface area contributed by atoms with E-state index in [0.717, 1.165) is 4.74 Å². The lowest BCUT2D eigenvalue weighted by Crippen LogP contribution is -2.29. The molecule has 0 unspecified atom stereocenters. The second-order valence-electron chi connectivity index (χ2n) is 5.76. The van der Waals surface area contributed by atoms with Crippen LogP contribution in [-0.4, -0.2) is 30.2 Å². The number of nitrogens with zero attached hydrogens (tertiary/aromatic N) is 1. The van der Waals surface area contributed by atoms with Gasteiger partial charge in [0.05, 0.1) is 15.7 Å². The van der Waals surface area contributed by atoms with Gasteiger partial charge in [-0.1, -0.05) is 12.1 Å². The van der Waals surface area contributed by atoms with Crippen LogP contribution < -0.4 is 0 Å². The SMILES string of the molecule is CC(C)S(=O)(=O)c1ccccc1C=[N+]([O-])C(C)(C)C. The first-order valence-electron chi connectivity index (χ1n) is 6.21. The minimum Gasteiger partial charge on any atom is -0.623 e. The van der Waals surface area contributed by atoms with Gasteiger partial charge in [-0.2, -0.15) is 0 Å². The van der Waals surface area contributed by atoms with Gasteiger partial charge in [0.15, 0.2) is 21.6 Å². The van der Waals surface area contributed by atoms with Gasteiger partial charge in [0.25, 0.3) is 0 Å². The number of hydroxylamine groups is 1. The van der Waals surface area contributed by atoms with E-state index >= 15 is 0 Å². The van der Waals surface area contributed by atoms with Gasteiger partial charge in [0.2, 0.25) is 0 Å². The monoisotopic (exact) mass is 283 g/mol. The first-order chi connectivity index (χ1) is 8.56. The number of hydrogen-bond donors (Lipinski definition) is 0. The van der Waals surface area contributed by atoms with Crippen LogP contribution in [0.1, 0.15) is 40.2 Å². The van der Waals surface area contributed by atoms with Crippen LogP contribution in [0.25, 0.3) is 0 Å². The minimum absolute atomic E-state index is 0.204. The van der Waals surface area contributed by atoms with Gasteiger partial charge in [-0.3, -0.25) is 0 Å². The molecule has 0 amide bonds. The topological polar surface area (TPSA) is 60.2 Å². The van der Waals surface area contributed by atoms with Crippen molar-refractivity contribution < 1.29 is 13.2 Å². The third kappa shape index (κ3) is 3.56. The van der Waals surface area contributed by atoms with E-state index in [0.29, 0.717) is 5.56 Å². The Morgan fingerprint density at radius 2 is 1.74 bits per heavy atom. The van der Waals surface area contributed by atoms with Gasteiger partial charge < -0.3 is 5.21 Å². The third-order valence-corrected chi connectivity index (χ3v) is 4.99. The molecule has 0 aromatic heterocycles. The number of sulfone groups is 1. The summed E-state index contributed by atoms with van der Waals surface area (Å²) < 4.78 is 25.3. The number of hydrogen-bond acceptors (Lipinski definition) is 3. The van der Waals surface area contributed by atoms with Crippen LogP contribution >= 0.6 is 0 Å². The predicted octanol–water partition coefficient (Wildman–Crippen LogP) is 2.60. The van der Waals surface area contributed by atoms with Crippen molar-refractivity contribution in [1.29, 1.82) is 0 Å². The molecule has 0 heterocycles. The van der Waals surface area contributed by atoms with E-state index in [9.17, 15) is 13.6 Å². The molecule has 0 spiro atoms. The van der Waals surface area contributed by atoms with Crippen molar-refractivity contribution in [3.63, 3.8) is 0 Å². The molecule has 5 heteroatoms. The first-order valence-corrected chi connectivity index (χ1v) is 7.75. The summed E-state index contributed by atoms with van der Waals surface area (Å²) in [7, 11) is -3.40. The molecule has 1 aromatic carbocycles. The second-order valence-corrected chi connectivity index (χ2v) is 8.23. The molecule has 1 aromatic rings. The Kier molecular flexibility index (Phi) is 4.40. The van der Waals surface area contributed by atoms with Crippen LogP contribution in [0, 0.1) is 5.21 Å². The van der Waals surface area contributed by atoms with Crippen molar-refractivity contribution in [2.45, 2.75) is 50.3 Å². The highest BCUT2D eigenvalue weighted by Gasteiger charge is 2.24. The normalized spacial score (nSPS) is 13.9. The molecule has 0 saturated carbocycles. The Hall–Kier alpha value is -1.36. The molecule has 0 aliphatic carbocycles. The van der Waals surface area contributed by atoms with E-state index in [4.69, 9.17) is 0 Å². The molecule has 1 rings (SSSR count). The Balaban J connectivity index is 3.42. The second kappa shape index (κ2) is 5.33. The first kappa shape index (κ1) is 15.7. The molecule has 0 aliphatic rings. The lowest BCUT2D eigenvalue weighted by Gasteiger charge is -2.19. The van der Waals surface area contributed by atoms with Crippen LogP contribution in [0.5, 0.6) is 0 Å². The van der Waals surface area contributed by atoms with E-state index in [-0.39, 0.29) is 4.90 Å². The van der Waals surface area contributed by atoms with E-state index < -0.39 is 20.6 Å². The zero-order valence-electron chi connectivity index (χ0n) is 12.0. The summed E-state index contributed by atoms with van der Waals surface area (Å²) in [5, 5.41) is 11.4. The highest BCUT2D eigenvalue weighted by molar-refractivity contribution is 7.92. The van der Waals surface area contributed by atoms with Crippen LogP contribution in [0.4, 0.5) is 0 Å². The van der Waals surface area contributed by atoms with Crippen LogP contribution in [0.15, 0.2) is 29.2 Å². The van der Waals surface area contributed by atoms with Gasteiger partial charge >= 0.3 is 0 Å². The molecule has 0 radical (unpaired) electrons. The fourth-order valence-electron chi connectivity index (χ4n) is 1.42. The molecule has 0 aliphatic heterocycles. The van der Waals surface area contributed by atoms with Gasteiger partial charge in [-0.05, 0) is 26.0 Å². The highest BCUT2D eigenvalue weighted by atomic mass is 32.2. The lowest BCUT2D eigenvalue weighted by molar-refractivity contribution is -0.530. The molecule has 0 saturated heterocycles. The Labute approximate surface area is 115 Å². The zero-order chi connectivity index (χ0) is 14.8. The molecule has 4 nitrogen and oxygen atoms in total. The van der Waals surface area contributed by atoms with Crippen molar-refractivity contribution in [1.82, 2.24) is 0 Å². The summed E-state index contributed by atoms with van der Waals surface area (Å²) in [6.07, 6.45) is 1.34. The quantitative estimate of drug-likeness (QED) is 0.371. The molecular formula is C14H21NO3S. The fourth-order valence-corrected chi connectivity index (χ4v) is 2.65. The average Bonchev–Trinajstić information content (AvgIpc) is 2.28. The van der Waals surface area contributed by atoms with Gasteiger partial charge in [0.1, 0.15) is 0 Å². The van der Waals surface area contributed by atoms with E-state index in [1.54, 1.807) is 52.8 Å². The molecular weight excluding hydrogens is 262 g/mol. The molecule has 19 heavy (non-hydrogen) atoms. The Bertz CT molecular complexity index is 581. The fraction of sp³-hybridized carbons (Fsp3) is 0.500.